The summed E-state index contributed by atoms with van der Waals surface area (Å²) in [6.45, 7) is 3.80. The first-order chi connectivity index (χ1) is 10.4. The van der Waals surface area contributed by atoms with E-state index >= 15 is 0 Å². The Morgan fingerprint density at radius 2 is 1.91 bits per heavy atom. The lowest BCUT2D eigenvalue weighted by Gasteiger charge is -2.10. The van der Waals surface area contributed by atoms with Crippen molar-refractivity contribution in [1.29, 1.82) is 0 Å². The zero-order valence-electron chi connectivity index (χ0n) is 12.7. The average molecular weight is 344 g/mol. The number of ether oxygens (including phenoxy) is 1. The molecule has 0 saturated heterocycles. The van der Waals surface area contributed by atoms with Gasteiger partial charge >= 0.3 is 6.36 Å². The van der Waals surface area contributed by atoms with Crippen LogP contribution in [-0.2, 0) is 11.3 Å². The molecular formula is C14H21ClF3NO3. The van der Waals surface area contributed by atoms with Crippen molar-refractivity contribution in [3.63, 3.8) is 0 Å². The fourth-order valence-corrected chi connectivity index (χ4v) is 1.24. The summed E-state index contributed by atoms with van der Waals surface area (Å²) in [5.41, 5.74) is 0.475. The number of carbonyl (C=O) groups is 1. The minimum absolute atomic E-state index is 0.0429. The summed E-state index contributed by atoms with van der Waals surface area (Å²) in [5, 5.41) is 11.0. The first kappa shape index (κ1) is 22.8. The van der Waals surface area contributed by atoms with E-state index in [1.807, 2.05) is 13.8 Å². The second kappa shape index (κ2) is 13.2. The Labute approximate surface area is 133 Å². The second-order valence-corrected chi connectivity index (χ2v) is 3.45. The maximum Gasteiger partial charge on any atom is 0.573 e. The highest BCUT2D eigenvalue weighted by Crippen LogP contribution is 2.23. The molecule has 0 aromatic heterocycles. The molecule has 4 nitrogen and oxygen atoms in total. The number of rotatable bonds is 5. The van der Waals surface area contributed by atoms with Crippen LogP contribution < -0.4 is 10.1 Å². The van der Waals surface area contributed by atoms with E-state index in [0.29, 0.717) is 5.56 Å². The summed E-state index contributed by atoms with van der Waals surface area (Å²) in [4.78, 5) is 11.0. The molecule has 22 heavy (non-hydrogen) atoms. The monoisotopic (exact) mass is 343 g/mol. The van der Waals surface area contributed by atoms with E-state index in [0.717, 1.165) is 0 Å². The van der Waals surface area contributed by atoms with Gasteiger partial charge in [-0.15, -0.1) is 24.8 Å². The fraction of sp³-hybridized carbons (Fsp3) is 0.500. The van der Waals surface area contributed by atoms with E-state index in [1.54, 1.807) is 6.07 Å². The quantitative estimate of drug-likeness (QED) is 0.805. The van der Waals surface area contributed by atoms with Crippen LogP contribution in [0.25, 0.3) is 0 Å². The molecule has 0 aliphatic heterocycles. The second-order valence-electron chi connectivity index (χ2n) is 3.45. The predicted octanol–water partition coefficient (Wildman–Crippen LogP) is 3.47. The van der Waals surface area contributed by atoms with Crippen LogP contribution in [0.3, 0.4) is 0 Å². The van der Waals surface area contributed by atoms with Crippen molar-refractivity contribution in [3.8, 4) is 5.75 Å². The lowest BCUT2D eigenvalue weighted by atomic mass is 10.2. The van der Waals surface area contributed by atoms with Gasteiger partial charge in [-0.05, 0) is 17.7 Å². The van der Waals surface area contributed by atoms with Gasteiger partial charge in [-0.2, -0.15) is 0 Å². The third kappa shape index (κ3) is 12.3. The fourth-order valence-electron chi connectivity index (χ4n) is 1.24. The Balaban J connectivity index is 0. The smallest absolute Gasteiger partial charge is 0.406 e. The number of halogens is 4. The van der Waals surface area contributed by atoms with Gasteiger partial charge in [0.1, 0.15) is 5.75 Å². The molecule has 0 radical (unpaired) electrons. The number of amides is 1. The molecule has 0 atom stereocenters. The summed E-state index contributed by atoms with van der Waals surface area (Å²) >= 11 is 4.64. The van der Waals surface area contributed by atoms with Gasteiger partial charge in [0.25, 0.3) is 0 Å². The molecule has 1 aromatic rings. The topological polar surface area (TPSA) is 58.6 Å². The summed E-state index contributed by atoms with van der Waals surface area (Å²) in [6, 6.07) is 5.32. The lowest BCUT2D eigenvalue weighted by Crippen LogP contribution is -2.23. The third-order valence-corrected chi connectivity index (χ3v) is 1.96. The summed E-state index contributed by atoms with van der Waals surface area (Å²) in [5.74, 6) is -0.712. The SMILES string of the molecule is CC.CCl.O=C(CCO)NCc1cccc(OC(F)(F)F)c1. The zero-order chi connectivity index (χ0) is 17.6. The number of carbonyl (C=O) groups excluding carboxylic acids is 1. The number of aliphatic hydroxyl groups is 1. The first-order valence-corrected chi connectivity index (χ1v) is 7.26. The summed E-state index contributed by atoms with van der Waals surface area (Å²) in [6.07, 6.45) is -3.31. The van der Waals surface area contributed by atoms with Crippen molar-refractivity contribution in [2.45, 2.75) is 33.2 Å². The number of aliphatic hydroxyl groups excluding tert-OH is 1. The van der Waals surface area contributed by atoms with Gasteiger partial charge in [0, 0.05) is 19.3 Å². The Morgan fingerprint density at radius 1 is 1.32 bits per heavy atom. The number of alkyl halides is 4. The van der Waals surface area contributed by atoms with Crippen molar-refractivity contribution in [2.75, 3.05) is 13.0 Å². The molecule has 0 spiro atoms. The standard InChI is InChI=1S/C11H12F3NO3.C2H6.CH3Cl/c12-11(13,14)18-9-3-1-2-8(6-9)7-15-10(17)4-5-16;2*1-2/h1-3,6,16H,4-5,7H2,(H,15,17);1-2H3;1H3. The van der Waals surface area contributed by atoms with Crippen LogP contribution in [0.15, 0.2) is 24.3 Å². The van der Waals surface area contributed by atoms with Crippen molar-refractivity contribution in [1.82, 2.24) is 5.32 Å². The van der Waals surface area contributed by atoms with E-state index < -0.39 is 6.36 Å². The molecule has 1 aromatic carbocycles. The zero-order valence-corrected chi connectivity index (χ0v) is 13.5. The van der Waals surface area contributed by atoms with Gasteiger partial charge in [0.2, 0.25) is 5.91 Å². The molecular weight excluding hydrogens is 323 g/mol. The van der Waals surface area contributed by atoms with Crippen LogP contribution in [0.4, 0.5) is 13.2 Å². The highest BCUT2D eigenvalue weighted by molar-refractivity contribution is 6.15. The van der Waals surface area contributed by atoms with Crippen LogP contribution in [0.2, 0.25) is 0 Å². The van der Waals surface area contributed by atoms with Crippen molar-refractivity contribution in [2.24, 2.45) is 0 Å². The highest BCUT2D eigenvalue weighted by Gasteiger charge is 2.31. The highest BCUT2D eigenvalue weighted by atomic mass is 35.5. The third-order valence-electron chi connectivity index (χ3n) is 1.96. The van der Waals surface area contributed by atoms with Crippen LogP contribution >= 0.6 is 11.6 Å². The summed E-state index contributed by atoms with van der Waals surface area (Å²) < 4.78 is 39.6. The average Bonchev–Trinajstić information content (AvgIpc) is 2.48. The van der Waals surface area contributed by atoms with Crippen molar-refractivity contribution in [3.05, 3.63) is 29.8 Å². The summed E-state index contributed by atoms with van der Waals surface area (Å²) in [7, 11) is 0. The Hall–Kier alpha value is -1.47. The van der Waals surface area contributed by atoms with Crippen LogP contribution in [0.1, 0.15) is 25.8 Å². The molecule has 0 fully saturated rings. The van der Waals surface area contributed by atoms with E-state index in [-0.39, 0.29) is 31.2 Å². The van der Waals surface area contributed by atoms with E-state index in [9.17, 15) is 18.0 Å². The van der Waals surface area contributed by atoms with Crippen LogP contribution in [0, 0.1) is 0 Å². The molecule has 0 saturated carbocycles. The molecule has 0 aliphatic rings. The maximum atomic E-state index is 12.0. The van der Waals surface area contributed by atoms with Gasteiger partial charge in [-0.1, -0.05) is 26.0 Å². The van der Waals surface area contributed by atoms with E-state index in [1.165, 1.54) is 24.6 Å². The predicted molar refractivity (Wildman–Crippen MR) is 79.8 cm³/mol. The molecule has 1 rings (SSSR count). The lowest BCUT2D eigenvalue weighted by molar-refractivity contribution is -0.274. The first-order valence-electron chi connectivity index (χ1n) is 6.51. The largest absolute Gasteiger partial charge is 0.573 e. The van der Waals surface area contributed by atoms with Gasteiger partial charge < -0.3 is 15.2 Å². The Bertz CT molecular complexity index is 415. The number of nitrogens with one attached hydrogen (secondary N) is 1. The van der Waals surface area contributed by atoms with Gasteiger partial charge in [0.15, 0.2) is 0 Å². The molecule has 128 valence electrons. The molecule has 8 heteroatoms. The molecule has 0 heterocycles. The number of hydrogen-bond donors (Lipinski definition) is 2. The van der Waals surface area contributed by atoms with Gasteiger partial charge in [0.05, 0.1) is 6.61 Å². The van der Waals surface area contributed by atoms with Crippen molar-refractivity contribution < 1.29 is 27.8 Å². The minimum atomic E-state index is -4.74. The van der Waals surface area contributed by atoms with Crippen molar-refractivity contribution >= 4 is 17.5 Å². The Kier molecular flexibility index (Phi) is 13.7. The van der Waals surface area contributed by atoms with Gasteiger partial charge in [-0.3, -0.25) is 4.79 Å². The van der Waals surface area contributed by atoms with Crippen LogP contribution in [-0.4, -0.2) is 30.4 Å². The molecule has 1 amide bonds. The Morgan fingerprint density at radius 3 is 2.41 bits per heavy atom. The number of benzene rings is 1. The normalized spacial score (nSPS) is 9.64. The molecule has 0 bridgehead atoms. The molecule has 0 aliphatic carbocycles. The molecule has 0 unspecified atom stereocenters. The van der Waals surface area contributed by atoms with Crippen LogP contribution in [0.5, 0.6) is 5.75 Å². The van der Waals surface area contributed by atoms with Gasteiger partial charge in [-0.25, -0.2) is 0 Å². The van der Waals surface area contributed by atoms with E-state index in [4.69, 9.17) is 5.11 Å². The minimum Gasteiger partial charge on any atom is -0.406 e. The maximum absolute atomic E-state index is 12.0. The number of hydrogen-bond acceptors (Lipinski definition) is 3. The molecule has 2 N–H and O–H groups in total. The van der Waals surface area contributed by atoms with E-state index in [2.05, 4.69) is 21.7 Å².